The van der Waals surface area contributed by atoms with Gasteiger partial charge in [-0.05, 0) is 43.4 Å². The van der Waals surface area contributed by atoms with E-state index in [2.05, 4.69) is 82.2 Å². The molecule has 22 heavy (non-hydrogen) atoms. The van der Waals surface area contributed by atoms with E-state index in [4.69, 9.17) is 0 Å². The van der Waals surface area contributed by atoms with Gasteiger partial charge in [-0.2, -0.15) is 0 Å². The Morgan fingerprint density at radius 2 is 1.59 bits per heavy atom. The van der Waals surface area contributed by atoms with Crippen LogP contribution in [-0.2, 0) is 5.41 Å². The average molecular weight is 300 g/mol. The molecule has 1 heterocycles. The molecule has 2 heteroatoms. The summed E-state index contributed by atoms with van der Waals surface area (Å²) in [5.74, 6) is 0. The van der Waals surface area contributed by atoms with Crippen LogP contribution >= 0.6 is 0 Å². The fourth-order valence-corrected chi connectivity index (χ4v) is 3.51. The zero-order valence-electron chi connectivity index (χ0n) is 15.2. The Morgan fingerprint density at radius 1 is 1.09 bits per heavy atom. The average Bonchev–Trinajstić information content (AvgIpc) is 2.45. The van der Waals surface area contributed by atoms with Gasteiger partial charge < -0.3 is 9.80 Å². The molecule has 1 aliphatic heterocycles. The third-order valence-electron chi connectivity index (χ3n) is 4.79. The zero-order chi connectivity index (χ0) is 16.5. The van der Waals surface area contributed by atoms with Gasteiger partial charge in [0, 0.05) is 36.6 Å². The SMILES string of the molecule is C=C(CC)N1[C@H](C)CN(c2ccc(C(C)(C)C)cc2)C[C@@H]1C. The van der Waals surface area contributed by atoms with E-state index >= 15 is 0 Å². The Morgan fingerprint density at radius 3 is 2.00 bits per heavy atom. The maximum atomic E-state index is 4.24. The Kier molecular flexibility index (Phi) is 4.89. The molecule has 0 bridgehead atoms. The summed E-state index contributed by atoms with van der Waals surface area (Å²) in [5, 5.41) is 0. The van der Waals surface area contributed by atoms with E-state index in [1.807, 2.05) is 0 Å². The summed E-state index contributed by atoms with van der Waals surface area (Å²) in [6, 6.07) is 10.1. The molecule has 2 rings (SSSR count). The first-order valence-electron chi connectivity index (χ1n) is 8.55. The van der Waals surface area contributed by atoms with Crippen LogP contribution < -0.4 is 4.90 Å². The van der Waals surface area contributed by atoms with Gasteiger partial charge in [-0.25, -0.2) is 0 Å². The molecule has 0 amide bonds. The fourth-order valence-electron chi connectivity index (χ4n) is 3.51. The van der Waals surface area contributed by atoms with E-state index in [9.17, 15) is 0 Å². The number of hydrogen-bond donors (Lipinski definition) is 0. The third kappa shape index (κ3) is 3.48. The standard InChI is InChI=1S/C20H32N2/c1-8-15(2)22-16(3)13-21(14-17(22)4)19-11-9-18(10-12-19)20(5,6)7/h9-12,16-17H,2,8,13-14H2,1,3-7H3/t16-,17+. The van der Waals surface area contributed by atoms with Crippen LogP contribution in [0.15, 0.2) is 36.5 Å². The van der Waals surface area contributed by atoms with Gasteiger partial charge in [0.25, 0.3) is 0 Å². The normalized spacial score (nSPS) is 22.8. The first kappa shape index (κ1) is 16.9. The molecule has 2 nitrogen and oxygen atoms in total. The van der Waals surface area contributed by atoms with Gasteiger partial charge in [0.15, 0.2) is 0 Å². The van der Waals surface area contributed by atoms with E-state index < -0.39 is 0 Å². The highest BCUT2D eigenvalue weighted by molar-refractivity contribution is 5.49. The molecule has 2 atom stereocenters. The zero-order valence-corrected chi connectivity index (χ0v) is 15.2. The minimum absolute atomic E-state index is 0.219. The van der Waals surface area contributed by atoms with Crippen LogP contribution in [0.2, 0.25) is 0 Å². The second-order valence-electron chi connectivity index (χ2n) is 7.73. The summed E-state index contributed by atoms with van der Waals surface area (Å²) in [5.41, 5.74) is 4.22. The van der Waals surface area contributed by atoms with Gasteiger partial charge in [0.05, 0.1) is 0 Å². The number of rotatable bonds is 3. The van der Waals surface area contributed by atoms with Crippen molar-refractivity contribution in [1.29, 1.82) is 0 Å². The van der Waals surface area contributed by atoms with Gasteiger partial charge in [0.2, 0.25) is 0 Å². The van der Waals surface area contributed by atoms with Crippen molar-refractivity contribution in [2.75, 3.05) is 18.0 Å². The predicted octanol–water partition coefficient (Wildman–Crippen LogP) is 4.81. The molecule has 122 valence electrons. The molecule has 1 aromatic rings. The molecular formula is C20H32N2. The van der Waals surface area contributed by atoms with Crippen LogP contribution in [0.5, 0.6) is 0 Å². The largest absolute Gasteiger partial charge is 0.367 e. The number of piperazine rings is 1. The van der Waals surface area contributed by atoms with Crippen molar-refractivity contribution in [3.63, 3.8) is 0 Å². The van der Waals surface area contributed by atoms with Gasteiger partial charge >= 0.3 is 0 Å². The highest BCUT2D eigenvalue weighted by atomic mass is 15.3. The summed E-state index contributed by atoms with van der Waals surface area (Å²) in [6.45, 7) is 20.0. The first-order chi connectivity index (χ1) is 10.2. The number of hydrogen-bond acceptors (Lipinski definition) is 2. The molecule has 1 aromatic carbocycles. The van der Waals surface area contributed by atoms with Crippen LogP contribution in [0.25, 0.3) is 0 Å². The van der Waals surface area contributed by atoms with Crippen molar-refractivity contribution < 1.29 is 0 Å². The first-order valence-corrected chi connectivity index (χ1v) is 8.55. The van der Waals surface area contributed by atoms with E-state index in [-0.39, 0.29) is 5.41 Å². The second-order valence-corrected chi connectivity index (χ2v) is 7.73. The summed E-state index contributed by atoms with van der Waals surface area (Å²) in [7, 11) is 0. The van der Waals surface area contributed by atoms with Crippen molar-refractivity contribution in [3.05, 3.63) is 42.1 Å². The van der Waals surface area contributed by atoms with Gasteiger partial charge in [-0.1, -0.05) is 46.4 Å². The molecular weight excluding hydrogens is 268 g/mol. The maximum Gasteiger partial charge on any atom is 0.0437 e. The second kappa shape index (κ2) is 6.36. The van der Waals surface area contributed by atoms with E-state index in [1.54, 1.807) is 0 Å². The highest BCUT2D eigenvalue weighted by Crippen LogP contribution is 2.28. The predicted molar refractivity (Wildman–Crippen MR) is 97.5 cm³/mol. The lowest BCUT2D eigenvalue weighted by atomic mass is 9.87. The lowest BCUT2D eigenvalue weighted by Crippen LogP contribution is -2.56. The molecule has 1 saturated heterocycles. The topological polar surface area (TPSA) is 6.48 Å². The molecule has 0 N–H and O–H groups in total. The quantitative estimate of drug-likeness (QED) is 0.790. The van der Waals surface area contributed by atoms with Gasteiger partial charge in [-0.3, -0.25) is 0 Å². The van der Waals surface area contributed by atoms with E-state index in [1.165, 1.54) is 16.9 Å². The summed E-state index contributed by atoms with van der Waals surface area (Å²) in [4.78, 5) is 5.02. The minimum Gasteiger partial charge on any atom is -0.367 e. The number of allylic oxidation sites excluding steroid dienone is 1. The number of benzene rings is 1. The van der Waals surface area contributed by atoms with Gasteiger partial charge in [-0.15, -0.1) is 0 Å². The number of anilines is 1. The van der Waals surface area contributed by atoms with Crippen LogP contribution in [-0.4, -0.2) is 30.1 Å². The van der Waals surface area contributed by atoms with Crippen LogP contribution in [0.3, 0.4) is 0 Å². The highest BCUT2D eigenvalue weighted by Gasteiger charge is 2.29. The molecule has 0 aromatic heterocycles. The Labute approximate surface area is 136 Å². The molecule has 0 spiro atoms. The fraction of sp³-hybridized carbons (Fsp3) is 0.600. The van der Waals surface area contributed by atoms with Crippen LogP contribution in [0, 0.1) is 0 Å². The number of nitrogens with zero attached hydrogens (tertiary/aromatic N) is 2. The van der Waals surface area contributed by atoms with Crippen molar-refractivity contribution in [3.8, 4) is 0 Å². The molecule has 1 fully saturated rings. The lowest BCUT2D eigenvalue weighted by Gasteiger charge is -2.47. The minimum atomic E-state index is 0.219. The van der Waals surface area contributed by atoms with Crippen molar-refractivity contribution in [2.24, 2.45) is 0 Å². The van der Waals surface area contributed by atoms with E-state index in [0.717, 1.165) is 19.5 Å². The van der Waals surface area contributed by atoms with Crippen molar-refractivity contribution in [2.45, 2.75) is 65.5 Å². The smallest absolute Gasteiger partial charge is 0.0437 e. The Hall–Kier alpha value is -1.44. The monoisotopic (exact) mass is 300 g/mol. The van der Waals surface area contributed by atoms with Crippen LogP contribution in [0.1, 0.15) is 53.5 Å². The van der Waals surface area contributed by atoms with Crippen molar-refractivity contribution >= 4 is 5.69 Å². The molecule has 0 aliphatic carbocycles. The molecule has 0 unspecified atom stereocenters. The Balaban J connectivity index is 2.13. The summed E-state index contributed by atoms with van der Waals surface area (Å²) >= 11 is 0. The summed E-state index contributed by atoms with van der Waals surface area (Å²) in [6.07, 6.45) is 1.04. The lowest BCUT2D eigenvalue weighted by molar-refractivity contribution is 0.175. The van der Waals surface area contributed by atoms with E-state index in [0.29, 0.717) is 12.1 Å². The third-order valence-corrected chi connectivity index (χ3v) is 4.79. The molecule has 1 aliphatic rings. The van der Waals surface area contributed by atoms with Gasteiger partial charge in [0.1, 0.15) is 0 Å². The van der Waals surface area contributed by atoms with Crippen molar-refractivity contribution in [1.82, 2.24) is 4.90 Å². The summed E-state index contributed by atoms with van der Waals surface area (Å²) < 4.78 is 0. The molecule has 0 saturated carbocycles. The van der Waals surface area contributed by atoms with Crippen LogP contribution in [0.4, 0.5) is 5.69 Å². The maximum absolute atomic E-state index is 4.24. The molecule has 0 radical (unpaired) electrons. The Bertz CT molecular complexity index is 498.